The molecule has 1 radical (unpaired) electrons. The van der Waals surface area contributed by atoms with Crippen LogP contribution in [0, 0.1) is 13.1 Å². The largest absolute Gasteiger partial charge is 0.462 e. The number of aryl methyl sites for hydroxylation is 1. The van der Waals surface area contributed by atoms with E-state index >= 15 is 0 Å². The molecule has 0 N–H and O–H groups in total. The second-order valence-corrected chi connectivity index (χ2v) is 3.13. The topological polar surface area (TPSA) is 31.4 Å². The van der Waals surface area contributed by atoms with Crippen LogP contribution in [0.5, 0.6) is 5.75 Å². The molecule has 1 aromatic rings. The van der Waals surface area contributed by atoms with E-state index in [0.29, 0.717) is 5.75 Å². The van der Waals surface area contributed by atoms with Gasteiger partial charge in [-0.3, -0.25) is 4.98 Å². The van der Waals surface area contributed by atoms with Crippen LogP contribution in [-0.4, -0.2) is 17.9 Å². The van der Waals surface area contributed by atoms with E-state index in [1.165, 1.54) is 0 Å². The number of aromatic nitrogens is 1. The molecule has 3 nitrogen and oxygen atoms in total. The van der Waals surface area contributed by atoms with E-state index < -0.39 is 0 Å². The number of hydrogen-bond acceptors (Lipinski definition) is 3. The molecule has 0 saturated carbocycles. The van der Waals surface area contributed by atoms with Gasteiger partial charge in [0.25, 0.3) is 0 Å². The van der Waals surface area contributed by atoms with Crippen molar-refractivity contribution in [3.63, 3.8) is 0 Å². The van der Waals surface area contributed by atoms with Crippen molar-refractivity contribution in [1.29, 1.82) is 0 Å². The molecule has 1 aliphatic rings. The maximum Gasteiger partial charge on any atom is 0.200 e. The fraction of sp³-hybridized carbons (Fsp3) is 0.500. The van der Waals surface area contributed by atoms with Crippen LogP contribution in [0.1, 0.15) is 18.4 Å². The van der Waals surface area contributed by atoms with Gasteiger partial charge in [0.1, 0.15) is 6.20 Å². The lowest BCUT2D eigenvalue weighted by Crippen LogP contribution is -2.14. The molecule has 1 aliphatic heterocycles. The molecule has 1 fully saturated rings. The lowest BCUT2D eigenvalue weighted by Gasteiger charge is -2.13. The molecule has 3 heteroatoms. The molecule has 2 heterocycles. The van der Waals surface area contributed by atoms with Crippen molar-refractivity contribution in [3.05, 3.63) is 24.0 Å². The van der Waals surface area contributed by atoms with Gasteiger partial charge in [-0.05, 0) is 25.0 Å². The van der Waals surface area contributed by atoms with E-state index in [-0.39, 0.29) is 6.29 Å². The zero-order valence-corrected chi connectivity index (χ0v) is 7.62. The maximum atomic E-state index is 5.57. The first-order chi connectivity index (χ1) is 6.36. The van der Waals surface area contributed by atoms with E-state index in [9.17, 15) is 0 Å². The van der Waals surface area contributed by atoms with Crippen LogP contribution in [0.25, 0.3) is 0 Å². The summed E-state index contributed by atoms with van der Waals surface area (Å²) < 4.78 is 10.9. The van der Waals surface area contributed by atoms with E-state index in [4.69, 9.17) is 9.47 Å². The number of nitrogens with zero attached hydrogens (tertiary/aromatic N) is 1. The molecule has 69 valence electrons. The van der Waals surface area contributed by atoms with E-state index in [2.05, 4.69) is 11.2 Å². The predicted octanol–water partition coefficient (Wildman–Crippen LogP) is 1.71. The minimum Gasteiger partial charge on any atom is -0.462 e. The second kappa shape index (κ2) is 3.75. The Bertz CT molecular complexity index is 282. The van der Waals surface area contributed by atoms with Crippen LogP contribution in [-0.2, 0) is 4.74 Å². The monoisotopic (exact) mass is 178 g/mol. The molecule has 1 aromatic heterocycles. The highest BCUT2D eigenvalue weighted by molar-refractivity contribution is 5.26. The Morgan fingerprint density at radius 1 is 1.69 bits per heavy atom. The standard InChI is InChI=1S/C10H12NO2/c1-8-4-5-11-7-9(8)13-10-3-2-6-12-10/h4-5,10H,2-3,6H2,1H3. The summed E-state index contributed by atoms with van der Waals surface area (Å²) >= 11 is 0. The molecular formula is C10H12NO2. The summed E-state index contributed by atoms with van der Waals surface area (Å²) in [4.78, 5) is 3.88. The first-order valence-corrected chi connectivity index (χ1v) is 4.48. The Morgan fingerprint density at radius 2 is 2.62 bits per heavy atom. The van der Waals surface area contributed by atoms with E-state index in [1.807, 2.05) is 13.0 Å². The van der Waals surface area contributed by atoms with Crippen LogP contribution < -0.4 is 4.74 Å². The Hall–Kier alpha value is -1.09. The minimum absolute atomic E-state index is 0.0980. The third-order valence-electron chi connectivity index (χ3n) is 2.06. The number of ether oxygens (including phenoxy) is 2. The zero-order chi connectivity index (χ0) is 9.10. The summed E-state index contributed by atoms with van der Waals surface area (Å²) in [5.74, 6) is 0.703. The summed E-state index contributed by atoms with van der Waals surface area (Å²) in [5, 5.41) is 0. The number of rotatable bonds is 2. The summed E-state index contributed by atoms with van der Waals surface area (Å²) in [7, 11) is 0. The highest BCUT2D eigenvalue weighted by atomic mass is 16.7. The Kier molecular flexibility index (Phi) is 2.45. The van der Waals surface area contributed by atoms with Crippen LogP contribution in [0.15, 0.2) is 12.3 Å². The Balaban J connectivity index is 2.04. The van der Waals surface area contributed by atoms with Gasteiger partial charge in [0, 0.05) is 12.6 Å². The van der Waals surface area contributed by atoms with Gasteiger partial charge in [-0.1, -0.05) is 0 Å². The molecule has 0 aromatic carbocycles. The number of pyridine rings is 1. The normalized spacial score (nSPS) is 21.8. The Labute approximate surface area is 77.7 Å². The van der Waals surface area contributed by atoms with Crippen molar-refractivity contribution in [2.45, 2.75) is 26.1 Å². The summed E-state index contributed by atoms with van der Waals surface area (Å²) in [6.45, 7) is 2.77. The SMILES string of the molecule is Cc1ccn[c]c1OC1CCCO1. The van der Waals surface area contributed by atoms with Crippen LogP contribution >= 0.6 is 0 Å². The second-order valence-electron chi connectivity index (χ2n) is 3.13. The van der Waals surface area contributed by atoms with Crippen LogP contribution in [0.4, 0.5) is 0 Å². The summed E-state index contributed by atoms with van der Waals surface area (Å²) in [6.07, 6.45) is 6.45. The zero-order valence-electron chi connectivity index (χ0n) is 7.62. The lowest BCUT2D eigenvalue weighted by molar-refractivity contribution is -0.0398. The van der Waals surface area contributed by atoms with Crippen molar-refractivity contribution in [2.24, 2.45) is 0 Å². The minimum atomic E-state index is -0.0980. The molecule has 13 heavy (non-hydrogen) atoms. The smallest absolute Gasteiger partial charge is 0.200 e. The molecule has 0 bridgehead atoms. The van der Waals surface area contributed by atoms with Gasteiger partial charge >= 0.3 is 0 Å². The van der Waals surface area contributed by atoms with Gasteiger partial charge in [-0.25, -0.2) is 0 Å². The fourth-order valence-corrected chi connectivity index (χ4v) is 1.30. The quantitative estimate of drug-likeness (QED) is 0.690. The molecule has 0 aliphatic carbocycles. The van der Waals surface area contributed by atoms with Gasteiger partial charge in [0.15, 0.2) is 12.0 Å². The van der Waals surface area contributed by atoms with Gasteiger partial charge in [0.05, 0.1) is 6.61 Å². The molecule has 2 rings (SSSR count). The van der Waals surface area contributed by atoms with Crippen LogP contribution in [0.3, 0.4) is 0 Å². The number of hydrogen-bond donors (Lipinski definition) is 0. The van der Waals surface area contributed by atoms with Crippen molar-refractivity contribution in [3.8, 4) is 5.75 Å². The lowest BCUT2D eigenvalue weighted by atomic mass is 10.3. The van der Waals surface area contributed by atoms with Gasteiger partial charge in [-0.15, -0.1) is 0 Å². The first-order valence-electron chi connectivity index (χ1n) is 4.48. The van der Waals surface area contributed by atoms with Gasteiger partial charge in [0.2, 0.25) is 0 Å². The summed E-state index contributed by atoms with van der Waals surface area (Å²) in [5.41, 5.74) is 1.05. The molecular weight excluding hydrogens is 166 g/mol. The maximum absolute atomic E-state index is 5.57. The van der Waals surface area contributed by atoms with Crippen molar-refractivity contribution >= 4 is 0 Å². The third kappa shape index (κ3) is 1.98. The van der Waals surface area contributed by atoms with Crippen molar-refractivity contribution in [2.75, 3.05) is 6.61 Å². The molecule has 1 unspecified atom stereocenters. The van der Waals surface area contributed by atoms with Gasteiger partial charge in [-0.2, -0.15) is 0 Å². The van der Waals surface area contributed by atoms with Crippen molar-refractivity contribution < 1.29 is 9.47 Å². The molecule has 1 atom stereocenters. The average molecular weight is 178 g/mol. The average Bonchev–Trinajstić information content (AvgIpc) is 2.61. The van der Waals surface area contributed by atoms with E-state index in [0.717, 1.165) is 25.0 Å². The van der Waals surface area contributed by atoms with Gasteiger partial charge < -0.3 is 9.47 Å². The van der Waals surface area contributed by atoms with E-state index in [1.54, 1.807) is 6.20 Å². The van der Waals surface area contributed by atoms with Crippen molar-refractivity contribution in [1.82, 2.24) is 4.98 Å². The van der Waals surface area contributed by atoms with Crippen LogP contribution in [0.2, 0.25) is 0 Å². The third-order valence-corrected chi connectivity index (χ3v) is 2.06. The summed E-state index contributed by atoms with van der Waals surface area (Å²) in [6, 6.07) is 1.90. The molecule has 0 amide bonds. The molecule has 1 saturated heterocycles. The fourth-order valence-electron chi connectivity index (χ4n) is 1.30. The Morgan fingerprint density at radius 3 is 3.31 bits per heavy atom. The molecule has 0 spiro atoms. The predicted molar refractivity (Wildman–Crippen MR) is 47.4 cm³/mol. The highest BCUT2D eigenvalue weighted by Gasteiger charge is 2.17. The first kappa shape index (κ1) is 8.51. The highest BCUT2D eigenvalue weighted by Crippen LogP contribution is 2.20.